The summed E-state index contributed by atoms with van der Waals surface area (Å²) in [6.07, 6.45) is 0.0922. The van der Waals surface area contributed by atoms with Crippen LogP contribution in [-0.4, -0.2) is 19.3 Å². The van der Waals surface area contributed by atoms with Crippen molar-refractivity contribution in [3.8, 4) is 0 Å². The van der Waals surface area contributed by atoms with Gasteiger partial charge in [0.15, 0.2) is 0 Å². The molecule has 0 radical (unpaired) electrons. The van der Waals surface area contributed by atoms with Crippen LogP contribution in [-0.2, 0) is 15.1 Å². The summed E-state index contributed by atoms with van der Waals surface area (Å²) in [6.45, 7) is 3.03. The zero-order valence-corrected chi connectivity index (χ0v) is 9.07. The van der Waals surface area contributed by atoms with Crippen molar-refractivity contribution in [1.82, 2.24) is 5.48 Å². The Morgan fingerprint density at radius 3 is 3.06 bits per heavy atom. The van der Waals surface area contributed by atoms with E-state index in [9.17, 15) is 4.39 Å². The molecule has 2 saturated heterocycles. The Morgan fingerprint density at radius 1 is 1.44 bits per heavy atom. The van der Waals surface area contributed by atoms with E-state index in [2.05, 4.69) is 5.48 Å². The molecule has 16 heavy (non-hydrogen) atoms. The van der Waals surface area contributed by atoms with Crippen LogP contribution in [0.25, 0.3) is 0 Å². The van der Waals surface area contributed by atoms with Crippen LogP contribution in [0.3, 0.4) is 0 Å². The molecule has 0 saturated carbocycles. The number of fused-ring (bicyclic) bond motifs is 1. The molecule has 2 aliphatic heterocycles. The molecule has 2 heterocycles. The third kappa shape index (κ3) is 1.24. The van der Waals surface area contributed by atoms with Gasteiger partial charge in [-0.1, -0.05) is 18.2 Å². The van der Waals surface area contributed by atoms with Crippen molar-refractivity contribution in [2.75, 3.05) is 13.2 Å². The lowest BCUT2D eigenvalue weighted by Gasteiger charge is -2.27. The summed E-state index contributed by atoms with van der Waals surface area (Å²) < 4.78 is 19.5. The summed E-state index contributed by atoms with van der Waals surface area (Å²) in [5, 5.41) is 0. The van der Waals surface area contributed by atoms with Gasteiger partial charge < -0.3 is 9.57 Å². The van der Waals surface area contributed by atoms with E-state index < -0.39 is 5.54 Å². The van der Waals surface area contributed by atoms with Crippen LogP contribution in [0.4, 0.5) is 4.39 Å². The number of halogens is 1. The SMILES string of the molecule is CC1OC[C@]2(c3ccccc3F)NOC[C@H]12. The molecule has 0 aromatic heterocycles. The number of nitrogens with one attached hydrogen (secondary N) is 1. The Hall–Kier alpha value is -0.970. The fraction of sp³-hybridized carbons (Fsp3) is 0.500. The predicted molar refractivity (Wildman–Crippen MR) is 56.1 cm³/mol. The van der Waals surface area contributed by atoms with Crippen LogP contribution in [0.2, 0.25) is 0 Å². The highest BCUT2D eigenvalue weighted by Crippen LogP contribution is 2.43. The average molecular weight is 223 g/mol. The normalized spacial score (nSPS) is 37.6. The molecule has 86 valence electrons. The first-order chi connectivity index (χ1) is 7.74. The van der Waals surface area contributed by atoms with Crippen molar-refractivity contribution >= 4 is 0 Å². The highest BCUT2D eigenvalue weighted by atomic mass is 19.1. The largest absolute Gasteiger partial charge is 0.376 e. The van der Waals surface area contributed by atoms with Gasteiger partial charge in [-0.2, -0.15) is 5.48 Å². The molecule has 2 aliphatic rings. The summed E-state index contributed by atoms with van der Waals surface area (Å²) in [7, 11) is 0. The van der Waals surface area contributed by atoms with Crippen molar-refractivity contribution in [2.45, 2.75) is 18.6 Å². The third-order valence-corrected chi connectivity index (χ3v) is 3.65. The minimum Gasteiger partial charge on any atom is -0.376 e. The highest BCUT2D eigenvalue weighted by Gasteiger charge is 2.54. The minimum absolute atomic E-state index is 0.0922. The van der Waals surface area contributed by atoms with E-state index in [1.807, 2.05) is 13.0 Å². The van der Waals surface area contributed by atoms with Gasteiger partial charge in [-0.05, 0) is 13.0 Å². The number of ether oxygens (including phenoxy) is 1. The minimum atomic E-state index is -0.509. The standard InChI is InChI=1S/C12H14FNO2/c1-8-10-6-16-14-12(10,7-15-8)9-4-2-3-5-11(9)13/h2-5,8,10,14H,6-7H2,1H3/t8?,10-,12-/m1/s1. The van der Waals surface area contributed by atoms with Gasteiger partial charge in [-0.15, -0.1) is 0 Å². The highest BCUT2D eigenvalue weighted by molar-refractivity contribution is 5.30. The summed E-state index contributed by atoms with van der Waals surface area (Å²) in [5.41, 5.74) is 3.09. The van der Waals surface area contributed by atoms with Gasteiger partial charge >= 0.3 is 0 Å². The topological polar surface area (TPSA) is 30.5 Å². The molecule has 3 nitrogen and oxygen atoms in total. The fourth-order valence-electron chi connectivity index (χ4n) is 2.69. The Kier molecular flexibility index (Phi) is 2.24. The van der Waals surface area contributed by atoms with Gasteiger partial charge in [0.2, 0.25) is 0 Å². The Bertz CT molecular complexity index is 412. The second-order valence-corrected chi connectivity index (χ2v) is 4.49. The van der Waals surface area contributed by atoms with Crippen LogP contribution in [0.5, 0.6) is 0 Å². The molecule has 1 unspecified atom stereocenters. The summed E-state index contributed by atoms with van der Waals surface area (Å²) >= 11 is 0. The second kappa shape index (κ2) is 3.52. The third-order valence-electron chi connectivity index (χ3n) is 3.65. The molecule has 4 heteroatoms. The molecular formula is C12H14FNO2. The first-order valence-corrected chi connectivity index (χ1v) is 5.49. The molecule has 3 atom stereocenters. The lowest BCUT2D eigenvalue weighted by Crippen LogP contribution is -2.43. The van der Waals surface area contributed by atoms with Crippen LogP contribution >= 0.6 is 0 Å². The number of hydroxylamine groups is 1. The van der Waals surface area contributed by atoms with Crippen LogP contribution in [0.1, 0.15) is 12.5 Å². The number of hydrogen-bond donors (Lipinski definition) is 1. The van der Waals surface area contributed by atoms with Crippen molar-refractivity contribution in [2.24, 2.45) is 5.92 Å². The molecule has 3 rings (SSSR count). The zero-order chi connectivity index (χ0) is 11.2. The molecule has 2 fully saturated rings. The van der Waals surface area contributed by atoms with Gasteiger partial charge in [-0.25, -0.2) is 4.39 Å². The van der Waals surface area contributed by atoms with E-state index >= 15 is 0 Å². The van der Waals surface area contributed by atoms with Crippen molar-refractivity contribution in [3.63, 3.8) is 0 Å². The molecule has 1 N–H and O–H groups in total. The maximum atomic E-state index is 13.9. The molecule has 0 amide bonds. The van der Waals surface area contributed by atoms with E-state index in [-0.39, 0.29) is 17.8 Å². The van der Waals surface area contributed by atoms with E-state index in [4.69, 9.17) is 9.57 Å². The molecule has 0 aliphatic carbocycles. The number of hydrogen-bond acceptors (Lipinski definition) is 3. The smallest absolute Gasteiger partial charge is 0.128 e. The summed E-state index contributed by atoms with van der Waals surface area (Å²) in [4.78, 5) is 5.30. The van der Waals surface area contributed by atoms with Crippen LogP contribution < -0.4 is 5.48 Å². The zero-order valence-electron chi connectivity index (χ0n) is 9.07. The maximum absolute atomic E-state index is 13.9. The first-order valence-electron chi connectivity index (χ1n) is 5.49. The number of rotatable bonds is 1. The molecule has 1 aromatic rings. The van der Waals surface area contributed by atoms with Crippen molar-refractivity contribution in [1.29, 1.82) is 0 Å². The van der Waals surface area contributed by atoms with Gasteiger partial charge in [0.1, 0.15) is 11.4 Å². The van der Waals surface area contributed by atoms with Crippen molar-refractivity contribution < 1.29 is 14.0 Å². The molecule has 1 aromatic carbocycles. The van der Waals surface area contributed by atoms with Gasteiger partial charge in [0, 0.05) is 11.5 Å². The van der Waals surface area contributed by atoms with E-state index in [1.165, 1.54) is 6.07 Å². The summed E-state index contributed by atoms with van der Waals surface area (Å²) in [5.74, 6) is -0.0346. The van der Waals surface area contributed by atoms with E-state index in [0.29, 0.717) is 18.8 Å². The van der Waals surface area contributed by atoms with Crippen LogP contribution in [0, 0.1) is 11.7 Å². The fourth-order valence-corrected chi connectivity index (χ4v) is 2.69. The number of benzene rings is 1. The van der Waals surface area contributed by atoms with Gasteiger partial charge in [0.25, 0.3) is 0 Å². The Balaban J connectivity index is 2.08. The average Bonchev–Trinajstić information content (AvgIpc) is 2.82. The van der Waals surface area contributed by atoms with Gasteiger partial charge in [0.05, 0.1) is 19.3 Å². The second-order valence-electron chi connectivity index (χ2n) is 4.49. The molecule has 0 spiro atoms. The molecule has 0 bridgehead atoms. The molecular weight excluding hydrogens is 209 g/mol. The predicted octanol–water partition coefficient (Wildman–Crippen LogP) is 1.59. The van der Waals surface area contributed by atoms with Gasteiger partial charge in [-0.3, -0.25) is 0 Å². The summed E-state index contributed by atoms with van der Waals surface area (Å²) in [6, 6.07) is 6.81. The first kappa shape index (κ1) is 10.2. The quantitative estimate of drug-likeness (QED) is 0.784. The van der Waals surface area contributed by atoms with Crippen molar-refractivity contribution in [3.05, 3.63) is 35.6 Å². The Labute approximate surface area is 93.5 Å². The van der Waals surface area contributed by atoms with Crippen LogP contribution in [0.15, 0.2) is 24.3 Å². The Morgan fingerprint density at radius 2 is 2.25 bits per heavy atom. The lowest BCUT2D eigenvalue weighted by atomic mass is 9.80. The monoisotopic (exact) mass is 223 g/mol. The lowest BCUT2D eigenvalue weighted by molar-refractivity contribution is 0.00705. The van der Waals surface area contributed by atoms with E-state index in [1.54, 1.807) is 12.1 Å². The maximum Gasteiger partial charge on any atom is 0.128 e. The van der Waals surface area contributed by atoms with E-state index in [0.717, 1.165) is 0 Å².